The molecule has 0 aliphatic carbocycles. The summed E-state index contributed by atoms with van der Waals surface area (Å²) in [6, 6.07) is 0. The average molecular weight is 793 g/mol. The minimum atomic E-state index is -5.06. The maximum atomic E-state index is 12.8. The Morgan fingerprint density at radius 2 is 1.24 bits per heavy atom. The van der Waals surface area contributed by atoms with Crippen molar-refractivity contribution in [1.82, 2.24) is 0 Å². The van der Waals surface area contributed by atoms with Crippen LogP contribution in [-0.2, 0) is 38.3 Å². The molecule has 4 N–H and O–H groups in total. The van der Waals surface area contributed by atoms with Gasteiger partial charge in [-0.05, 0) is 38.5 Å². The molecule has 6 unspecified atom stereocenters. The number of esters is 1. The molecule has 0 amide bonds. The lowest BCUT2D eigenvalue weighted by Gasteiger charge is -2.41. The van der Waals surface area contributed by atoms with Gasteiger partial charge in [-0.25, -0.2) is 4.18 Å². The van der Waals surface area contributed by atoms with Crippen LogP contribution in [0.4, 0.5) is 0 Å². The molecule has 0 radical (unpaired) electrons. The molecule has 0 aromatic heterocycles. The number of rotatable bonds is 36. The fourth-order valence-electron chi connectivity index (χ4n) is 6.34. The van der Waals surface area contributed by atoms with Crippen LogP contribution in [0.3, 0.4) is 0 Å². The largest absolute Gasteiger partial charge is 0.457 e. The van der Waals surface area contributed by atoms with Crippen molar-refractivity contribution in [3.05, 3.63) is 24.3 Å². The molecule has 1 heterocycles. The molecule has 0 spiro atoms. The standard InChI is InChI=1S/C41H76O12S/c1-3-5-7-9-11-13-15-17-18-19-21-23-25-27-29-31-49-33-35(51-37(43)30-28-26-24-22-20-16-14-12-10-8-6-4-2)34-50-41-39(45)40(53-54(46,47)48)38(44)36(32-42)52-41/h9,11,15,17,35-36,38-42,44-45H,3-8,10,12-14,16,18-34H2,1-2H3,(H,46,47,48)/b11-9-,17-15-. The van der Waals surface area contributed by atoms with Crippen LogP contribution in [-0.4, -0.2) is 97.5 Å². The quantitative estimate of drug-likeness (QED) is 0.0208. The summed E-state index contributed by atoms with van der Waals surface area (Å²) in [5.74, 6) is -0.404. The van der Waals surface area contributed by atoms with Crippen LogP contribution in [0.5, 0.6) is 0 Å². The van der Waals surface area contributed by atoms with Crippen LogP contribution < -0.4 is 0 Å². The molecule has 6 atom stereocenters. The Hall–Kier alpha value is -1.42. The third kappa shape index (κ3) is 27.2. The van der Waals surface area contributed by atoms with Crippen LogP contribution in [0.25, 0.3) is 0 Å². The topological polar surface area (TPSA) is 178 Å². The number of hydrogen-bond donors (Lipinski definition) is 4. The smallest absolute Gasteiger partial charge is 0.397 e. The first-order valence-electron chi connectivity index (χ1n) is 21.1. The van der Waals surface area contributed by atoms with E-state index < -0.39 is 59.8 Å². The van der Waals surface area contributed by atoms with Gasteiger partial charge in [-0.1, -0.05) is 147 Å². The van der Waals surface area contributed by atoms with Crippen molar-refractivity contribution >= 4 is 16.4 Å². The molecule has 1 rings (SSSR count). The molecule has 1 aliphatic heterocycles. The Kier molecular flexibility index (Phi) is 31.6. The maximum Gasteiger partial charge on any atom is 0.397 e. The number of aliphatic hydroxyl groups excluding tert-OH is 3. The molecular weight excluding hydrogens is 717 g/mol. The zero-order valence-electron chi connectivity index (χ0n) is 33.5. The van der Waals surface area contributed by atoms with E-state index in [4.69, 9.17) is 23.5 Å². The summed E-state index contributed by atoms with van der Waals surface area (Å²) in [4.78, 5) is 12.8. The minimum Gasteiger partial charge on any atom is -0.457 e. The van der Waals surface area contributed by atoms with Crippen LogP contribution in [0.2, 0.25) is 0 Å². The van der Waals surface area contributed by atoms with Gasteiger partial charge in [0.2, 0.25) is 0 Å². The van der Waals surface area contributed by atoms with Gasteiger partial charge in [0.05, 0.1) is 19.8 Å². The molecule has 318 valence electrons. The first-order valence-corrected chi connectivity index (χ1v) is 22.5. The second-order valence-electron chi connectivity index (χ2n) is 14.6. The first kappa shape index (κ1) is 50.6. The lowest BCUT2D eigenvalue weighted by atomic mass is 9.99. The van der Waals surface area contributed by atoms with E-state index >= 15 is 0 Å². The van der Waals surface area contributed by atoms with Gasteiger partial charge in [0.25, 0.3) is 0 Å². The van der Waals surface area contributed by atoms with Crippen LogP contribution >= 0.6 is 0 Å². The highest BCUT2D eigenvalue weighted by Crippen LogP contribution is 2.26. The normalized spacial score (nSPS) is 21.3. The Balaban J connectivity index is 2.47. The number of aliphatic hydroxyl groups is 3. The zero-order valence-corrected chi connectivity index (χ0v) is 34.4. The summed E-state index contributed by atoms with van der Waals surface area (Å²) in [5, 5.41) is 30.6. The molecule has 0 aromatic carbocycles. The van der Waals surface area contributed by atoms with Gasteiger partial charge >= 0.3 is 16.4 Å². The van der Waals surface area contributed by atoms with E-state index in [0.717, 1.165) is 64.2 Å². The number of hydrogen-bond acceptors (Lipinski definition) is 11. The van der Waals surface area contributed by atoms with E-state index in [9.17, 15) is 28.5 Å². The Morgan fingerprint density at radius 3 is 1.81 bits per heavy atom. The fraction of sp³-hybridized carbons (Fsp3) is 0.878. The molecular formula is C41H76O12S. The summed E-state index contributed by atoms with van der Waals surface area (Å²) in [6.45, 7) is 3.92. The first-order chi connectivity index (χ1) is 26.1. The lowest BCUT2D eigenvalue weighted by molar-refractivity contribution is -0.301. The Labute approximate surface area is 327 Å². The highest BCUT2D eigenvalue weighted by molar-refractivity contribution is 7.80. The minimum absolute atomic E-state index is 0.0319. The van der Waals surface area contributed by atoms with E-state index in [0.29, 0.717) is 13.0 Å². The number of unbranched alkanes of at least 4 members (excludes halogenated alkanes) is 19. The van der Waals surface area contributed by atoms with Crippen molar-refractivity contribution in [2.24, 2.45) is 0 Å². The summed E-state index contributed by atoms with van der Waals surface area (Å²) in [5.41, 5.74) is 0. The third-order valence-electron chi connectivity index (χ3n) is 9.58. The third-order valence-corrected chi connectivity index (χ3v) is 10.0. The second kappa shape index (κ2) is 33.7. The number of carbonyl (C=O) groups is 1. The van der Waals surface area contributed by atoms with E-state index in [1.807, 2.05) is 0 Å². The van der Waals surface area contributed by atoms with E-state index in [2.05, 4.69) is 42.3 Å². The monoisotopic (exact) mass is 793 g/mol. The van der Waals surface area contributed by atoms with Gasteiger partial charge in [-0.2, -0.15) is 8.42 Å². The van der Waals surface area contributed by atoms with Crippen molar-refractivity contribution in [2.75, 3.05) is 26.4 Å². The van der Waals surface area contributed by atoms with Gasteiger partial charge in [0.15, 0.2) is 6.29 Å². The van der Waals surface area contributed by atoms with Gasteiger partial charge in [-0.15, -0.1) is 0 Å². The maximum absolute atomic E-state index is 12.8. The summed E-state index contributed by atoms with van der Waals surface area (Å²) in [7, 11) is -5.06. The summed E-state index contributed by atoms with van der Waals surface area (Å²) >= 11 is 0. The summed E-state index contributed by atoms with van der Waals surface area (Å²) < 4.78 is 58.9. The Bertz CT molecular complexity index is 1050. The van der Waals surface area contributed by atoms with Crippen LogP contribution in [0.15, 0.2) is 24.3 Å². The van der Waals surface area contributed by atoms with Crippen molar-refractivity contribution in [2.45, 2.75) is 205 Å². The van der Waals surface area contributed by atoms with Crippen LogP contribution in [0.1, 0.15) is 168 Å². The average Bonchev–Trinajstić information content (AvgIpc) is 3.14. The van der Waals surface area contributed by atoms with Crippen molar-refractivity contribution < 1.29 is 56.2 Å². The van der Waals surface area contributed by atoms with Crippen LogP contribution in [0, 0.1) is 0 Å². The highest BCUT2D eigenvalue weighted by atomic mass is 32.3. The SMILES string of the molecule is CCCC/C=C\C/C=C\CCCCCCCCOCC(COC1OC(CO)C(O)C(OS(=O)(=O)O)C1O)OC(=O)CCCCCCCCCCCCCC. The highest BCUT2D eigenvalue weighted by Gasteiger charge is 2.48. The molecule has 54 heavy (non-hydrogen) atoms. The number of carbonyl (C=O) groups excluding carboxylic acids is 1. The Morgan fingerprint density at radius 1 is 0.704 bits per heavy atom. The number of allylic oxidation sites excluding steroid dienone is 4. The van der Waals surface area contributed by atoms with Gasteiger partial charge in [0, 0.05) is 13.0 Å². The molecule has 0 aromatic rings. The van der Waals surface area contributed by atoms with Gasteiger partial charge < -0.3 is 34.3 Å². The van der Waals surface area contributed by atoms with E-state index in [1.54, 1.807) is 0 Å². The molecule has 1 aliphatic rings. The molecule has 1 saturated heterocycles. The van der Waals surface area contributed by atoms with Crippen molar-refractivity contribution in [1.29, 1.82) is 0 Å². The molecule has 0 bridgehead atoms. The van der Waals surface area contributed by atoms with Crippen molar-refractivity contribution in [3.8, 4) is 0 Å². The predicted molar refractivity (Wildman–Crippen MR) is 211 cm³/mol. The summed E-state index contributed by atoms with van der Waals surface area (Å²) in [6.07, 6.45) is 26.4. The van der Waals surface area contributed by atoms with Gasteiger partial charge in [0.1, 0.15) is 30.5 Å². The molecule has 12 nitrogen and oxygen atoms in total. The molecule has 1 fully saturated rings. The van der Waals surface area contributed by atoms with E-state index in [1.165, 1.54) is 77.0 Å². The van der Waals surface area contributed by atoms with Gasteiger partial charge in [-0.3, -0.25) is 9.35 Å². The molecule has 13 heteroatoms. The number of ether oxygens (including phenoxy) is 4. The lowest BCUT2D eigenvalue weighted by Crippen LogP contribution is -2.60. The zero-order chi connectivity index (χ0) is 39.7. The fourth-order valence-corrected chi connectivity index (χ4v) is 6.84. The molecule has 0 saturated carbocycles. The van der Waals surface area contributed by atoms with E-state index in [-0.39, 0.29) is 19.6 Å². The van der Waals surface area contributed by atoms with Crippen molar-refractivity contribution in [3.63, 3.8) is 0 Å². The predicted octanol–water partition coefficient (Wildman–Crippen LogP) is 8.07. The second-order valence-corrected chi connectivity index (χ2v) is 15.6.